The molecule has 0 amide bonds. The van der Waals surface area contributed by atoms with Crippen molar-refractivity contribution in [3.8, 4) is 11.1 Å². The number of hydrogen-bond donors (Lipinski definition) is 2. The Kier molecular flexibility index (Phi) is 5.69. The minimum absolute atomic E-state index is 0.00324. The number of sulfonamides is 1. The average Bonchev–Trinajstić information content (AvgIpc) is 2.63. The lowest BCUT2D eigenvalue weighted by atomic mass is 10.0. The number of benzene rings is 2. The van der Waals surface area contributed by atoms with Crippen LogP contribution >= 0.6 is 11.6 Å². The smallest absolute Gasteiger partial charge is 0.266 e. The Bertz CT molecular complexity index is 995. The van der Waals surface area contributed by atoms with Gasteiger partial charge in [-0.1, -0.05) is 35.9 Å². The Morgan fingerprint density at radius 1 is 1.22 bits per heavy atom. The largest absolute Gasteiger partial charge is 0.382 e. The summed E-state index contributed by atoms with van der Waals surface area (Å²) >= 11 is 6.10. The summed E-state index contributed by atoms with van der Waals surface area (Å²) in [7, 11) is -2.21. The van der Waals surface area contributed by atoms with Crippen molar-refractivity contribution >= 4 is 33.3 Å². The third kappa shape index (κ3) is 4.07. The van der Waals surface area contributed by atoms with Crippen LogP contribution in [-0.2, 0) is 14.8 Å². The van der Waals surface area contributed by atoms with Crippen molar-refractivity contribution in [1.82, 2.24) is 4.72 Å². The van der Waals surface area contributed by atoms with E-state index < -0.39 is 15.8 Å². The van der Waals surface area contributed by atoms with Gasteiger partial charge in [-0.05, 0) is 25.5 Å². The molecule has 1 atom stereocenters. The predicted molar refractivity (Wildman–Crippen MR) is 104 cm³/mol. The molecule has 1 aliphatic heterocycles. The molecule has 0 unspecified atom stereocenters. The van der Waals surface area contributed by atoms with Gasteiger partial charge in [0.25, 0.3) is 10.0 Å². The number of aliphatic imine (C=N–C) groups is 1. The van der Waals surface area contributed by atoms with Crippen LogP contribution in [0.4, 0.5) is 10.1 Å². The number of rotatable bonds is 5. The lowest BCUT2D eigenvalue weighted by Crippen LogP contribution is -2.41. The number of nitrogens with one attached hydrogen (secondary N) is 2. The topological polar surface area (TPSA) is 79.8 Å². The number of ether oxygens (including phenoxy) is 1. The number of fused-ring (bicyclic) bond motifs is 1. The number of hydrogen-bond acceptors (Lipinski definition) is 4. The van der Waals surface area contributed by atoms with Crippen LogP contribution in [0.1, 0.15) is 13.3 Å². The molecule has 0 aromatic heterocycles. The van der Waals surface area contributed by atoms with Gasteiger partial charge in [0.2, 0.25) is 5.96 Å². The van der Waals surface area contributed by atoms with Crippen molar-refractivity contribution < 1.29 is 17.5 Å². The van der Waals surface area contributed by atoms with Gasteiger partial charge in [0.05, 0.1) is 16.8 Å². The number of para-hydroxylation sites is 1. The van der Waals surface area contributed by atoms with Gasteiger partial charge < -0.3 is 10.1 Å². The van der Waals surface area contributed by atoms with Crippen LogP contribution in [0.3, 0.4) is 0 Å². The highest BCUT2D eigenvalue weighted by atomic mass is 35.5. The first-order valence-corrected chi connectivity index (χ1v) is 10.1. The molecule has 0 fully saturated rings. The fourth-order valence-corrected chi connectivity index (χ4v) is 4.09. The highest BCUT2D eigenvalue weighted by Gasteiger charge is 2.29. The zero-order valence-corrected chi connectivity index (χ0v) is 16.4. The van der Waals surface area contributed by atoms with Gasteiger partial charge in [0.15, 0.2) is 0 Å². The van der Waals surface area contributed by atoms with Crippen LogP contribution in [0, 0.1) is 5.82 Å². The third-order valence-corrected chi connectivity index (χ3v) is 6.01. The van der Waals surface area contributed by atoms with E-state index in [2.05, 4.69) is 15.0 Å². The normalized spacial score (nSPS) is 17.7. The SMILES string of the molecule is CO[C@H](C)CCN=C1Nc2c(-c3cccc(F)c3Cl)cccc2S(=O)(=O)N1. The van der Waals surface area contributed by atoms with Crippen LogP contribution in [0.15, 0.2) is 46.3 Å². The van der Waals surface area contributed by atoms with Gasteiger partial charge in [0, 0.05) is 24.8 Å². The Labute approximate surface area is 162 Å². The fraction of sp³-hybridized carbons (Fsp3) is 0.278. The second-order valence-electron chi connectivity index (χ2n) is 6.08. The van der Waals surface area contributed by atoms with Crippen LogP contribution < -0.4 is 10.0 Å². The first-order valence-electron chi connectivity index (χ1n) is 8.28. The summed E-state index contributed by atoms with van der Waals surface area (Å²) in [4.78, 5) is 4.31. The molecule has 1 aliphatic rings. The molecule has 27 heavy (non-hydrogen) atoms. The molecule has 144 valence electrons. The highest BCUT2D eigenvalue weighted by Crippen LogP contribution is 2.39. The third-order valence-electron chi connectivity index (χ3n) is 4.24. The molecule has 0 saturated carbocycles. The molecular formula is C18H19ClFN3O3S. The number of nitrogens with zero attached hydrogens (tertiary/aromatic N) is 1. The molecule has 2 aromatic carbocycles. The highest BCUT2D eigenvalue weighted by molar-refractivity contribution is 7.90. The molecule has 0 radical (unpaired) electrons. The van der Waals surface area contributed by atoms with Gasteiger partial charge in [-0.3, -0.25) is 4.99 Å². The summed E-state index contributed by atoms with van der Waals surface area (Å²) in [5, 5.41) is 2.92. The van der Waals surface area contributed by atoms with E-state index in [0.29, 0.717) is 29.8 Å². The molecule has 6 nitrogen and oxygen atoms in total. The minimum Gasteiger partial charge on any atom is -0.382 e. The maximum Gasteiger partial charge on any atom is 0.266 e. The Morgan fingerprint density at radius 3 is 2.67 bits per heavy atom. The Morgan fingerprint density at radius 2 is 1.93 bits per heavy atom. The van der Waals surface area contributed by atoms with Crippen molar-refractivity contribution in [2.45, 2.75) is 24.3 Å². The van der Waals surface area contributed by atoms with Crippen molar-refractivity contribution in [2.24, 2.45) is 4.99 Å². The monoisotopic (exact) mass is 411 g/mol. The predicted octanol–water partition coefficient (Wildman–Crippen LogP) is 3.63. The van der Waals surface area contributed by atoms with Crippen molar-refractivity contribution in [3.63, 3.8) is 0 Å². The lowest BCUT2D eigenvalue weighted by Gasteiger charge is -2.24. The number of anilines is 1. The molecule has 0 spiro atoms. The second kappa shape index (κ2) is 7.84. The zero-order valence-electron chi connectivity index (χ0n) is 14.8. The van der Waals surface area contributed by atoms with Crippen LogP contribution in [0.2, 0.25) is 5.02 Å². The molecule has 2 N–H and O–H groups in total. The molecule has 0 saturated heterocycles. The summed E-state index contributed by atoms with van der Waals surface area (Å²) in [5.41, 5.74) is 1.17. The Hall–Kier alpha value is -2.16. The van der Waals surface area contributed by atoms with Gasteiger partial charge in [-0.2, -0.15) is 0 Å². The number of guanidine groups is 1. The fourth-order valence-electron chi connectivity index (χ4n) is 2.69. The summed E-state index contributed by atoms with van der Waals surface area (Å²) in [6, 6.07) is 9.12. The van der Waals surface area contributed by atoms with E-state index in [1.54, 1.807) is 25.3 Å². The van der Waals surface area contributed by atoms with Crippen LogP contribution in [0.25, 0.3) is 11.1 Å². The first kappa shape index (κ1) is 19.6. The molecule has 9 heteroatoms. The van der Waals surface area contributed by atoms with Gasteiger partial charge in [-0.25, -0.2) is 17.5 Å². The first-order chi connectivity index (χ1) is 12.8. The minimum atomic E-state index is -3.81. The van der Waals surface area contributed by atoms with E-state index in [1.165, 1.54) is 18.2 Å². The van der Waals surface area contributed by atoms with Gasteiger partial charge in [-0.15, -0.1) is 0 Å². The molecule has 0 aliphatic carbocycles. The van der Waals surface area contributed by atoms with Crippen molar-refractivity contribution in [1.29, 1.82) is 0 Å². The van der Waals surface area contributed by atoms with Gasteiger partial charge >= 0.3 is 0 Å². The summed E-state index contributed by atoms with van der Waals surface area (Å²) in [6.07, 6.45) is 0.636. The quantitative estimate of drug-likeness (QED) is 0.787. The number of halogens is 2. The molecular weight excluding hydrogens is 393 g/mol. The van der Waals surface area contributed by atoms with E-state index in [0.717, 1.165) is 0 Å². The second-order valence-corrected chi connectivity index (χ2v) is 8.10. The average molecular weight is 412 g/mol. The summed E-state index contributed by atoms with van der Waals surface area (Å²) in [5.74, 6) is -0.475. The standard InChI is InChI=1S/C18H19ClFN3O3S/c1-11(26-2)9-10-21-18-22-17-13(12-5-3-7-14(20)16(12)19)6-4-8-15(17)27(24,25)23-18/h3-8,11H,9-10H2,1-2H3,(H2,21,22,23)/t11-/m1/s1. The Balaban J connectivity index is 2.04. The summed E-state index contributed by atoms with van der Waals surface area (Å²) in [6.45, 7) is 2.27. The van der Waals surface area contributed by atoms with Crippen molar-refractivity contribution in [3.05, 3.63) is 47.2 Å². The van der Waals surface area contributed by atoms with Gasteiger partial charge in [0.1, 0.15) is 10.7 Å². The molecule has 1 heterocycles. The molecule has 3 rings (SSSR count). The lowest BCUT2D eigenvalue weighted by molar-refractivity contribution is 0.113. The van der Waals surface area contributed by atoms with E-state index in [-0.39, 0.29) is 22.0 Å². The maximum atomic E-state index is 13.9. The van der Waals surface area contributed by atoms with E-state index in [1.807, 2.05) is 6.92 Å². The van der Waals surface area contributed by atoms with Crippen molar-refractivity contribution in [2.75, 3.05) is 19.0 Å². The maximum absolute atomic E-state index is 13.9. The van der Waals surface area contributed by atoms with Crippen LogP contribution in [0.5, 0.6) is 0 Å². The molecule has 0 bridgehead atoms. The van der Waals surface area contributed by atoms with E-state index >= 15 is 0 Å². The van der Waals surface area contributed by atoms with E-state index in [9.17, 15) is 12.8 Å². The number of methoxy groups -OCH3 is 1. The summed E-state index contributed by atoms with van der Waals surface area (Å²) < 4.78 is 46.7. The van der Waals surface area contributed by atoms with Crippen LogP contribution in [-0.4, -0.2) is 34.1 Å². The molecule has 2 aromatic rings. The van der Waals surface area contributed by atoms with E-state index in [4.69, 9.17) is 16.3 Å². The zero-order chi connectivity index (χ0) is 19.6.